The van der Waals surface area contributed by atoms with Crippen LogP contribution in [0.4, 0.5) is 0 Å². The Balaban J connectivity index is 2.93. The van der Waals surface area contributed by atoms with Crippen molar-refractivity contribution < 1.29 is 9.21 Å². The van der Waals surface area contributed by atoms with E-state index in [0.29, 0.717) is 10.7 Å². The minimum atomic E-state index is -0.167. The number of carbonyl (C=O) groups is 1. The van der Waals surface area contributed by atoms with Gasteiger partial charge < -0.3 is 9.32 Å². The van der Waals surface area contributed by atoms with Crippen molar-refractivity contribution in [1.82, 2.24) is 4.90 Å². The van der Waals surface area contributed by atoms with Crippen LogP contribution in [0.25, 0.3) is 0 Å². The summed E-state index contributed by atoms with van der Waals surface area (Å²) in [6, 6.07) is 1.64. The third-order valence-corrected chi connectivity index (χ3v) is 1.60. The average molecular weight is 171 g/mol. The maximum absolute atomic E-state index is 11.2. The second-order valence-electron chi connectivity index (χ2n) is 2.33. The SMILES string of the molecule is CN(C)C(=O)c1occc1S. The second-order valence-corrected chi connectivity index (χ2v) is 2.82. The molecule has 0 fully saturated rings. The fraction of sp³-hybridized carbons (Fsp3) is 0.286. The molecule has 0 atom stereocenters. The number of hydrogen-bond donors (Lipinski definition) is 1. The van der Waals surface area contributed by atoms with E-state index in [1.165, 1.54) is 11.2 Å². The van der Waals surface area contributed by atoms with Crippen molar-refractivity contribution >= 4 is 18.5 Å². The van der Waals surface area contributed by atoms with Crippen molar-refractivity contribution in [1.29, 1.82) is 0 Å². The summed E-state index contributed by atoms with van der Waals surface area (Å²) >= 11 is 4.04. The van der Waals surface area contributed by atoms with Crippen LogP contribution in [0.2, 0.25) is 0 Å². The maximum atomic E-state index is 11.2. The zero-order valence-corrected chi connectivity index (χ0v) is 7.26. The number of amides is 1. The van der Waals surface area contributed by atoms with Gasteiger partial charge in [0.05, 0.1) is 11.2 Å². The highest BCUT2D eigenvalue weighted by Gasteiger charge is 2.14. The molecule has 0 bridgehead atoms. The largest absolute Gasteiger partial charge is 0.458 e. The number of nitrogens with zero attached hydrogens (tertiary/aromatic N) is 1. The highest BCUT2D eigenvalue weighted by atomic mass is 32.1. The maximum Gasteiger partial charge on any atom is 0.290 e. The zero-order valence-electron chi connectivity index (χ0n) is 6.37. The first-order chi connectivity index (χ1) is 5.13. The van der Waals surface area contributed by atoms with Crippen molar-refractivity contribution in [2.45, 2.75) is 4.90 Å². The molecule has 60 valence electrons. The molecule has 0 aliphatic carbocycles. The lowest BCUT2D eigenvalue weighted by molar-refractivity contribution is 0.0792. The molecule has 11 heavy (non-hydrogen) atoms. The molecule has 1 aromatic rings. The fourth-order valence-corrected chi connectivity index (χ4v) is 0.875. The van der Waals surface area contributed by atoms with Gasteiger partial charge in [-0.1, -0.05) is 0 Å². The number of carbonyl (C=O) groups excluding carboxylic acids is 1. The number of rotatable bonds is 1. The van der Waals surface area contributed by atoms with Crippen molar-refractivity contribution in [3.63, 3.8) is 0 Å². The van der Waals surface area contributed by atoms with Gasteiger partial charge in [0, 0.05) is 14.1 Å². The van der Waals surface area contributed by atoms with Crippen LogP contribution in [0.5, 0.6) is 0 Å². The van der Waals surface area contributed by atoms with Gasteiger partial charge in [-0.05, 0) is 6.07 Å². The van der Waals surface area contributed by atoms with E-state index in [2.05, 4.69) is 12.6 Å². The Morgan fingerprint density at radius 2 is 2.27 bits per heavy atom. The lowest BCUT2D eigenvalue weighted by Crippen LogP contribution is -2.21. The molecule has 0 unspecified atom stereocenters. The van der Waals surface area contributed by atoms with E-state index in [9.17, 15) is 4.79 Å². The molecular weight excluding hydrogens is 162 g/mol. The first-order valence-electron chi connectivity index (χ1n) is 3.11. The molecule has 1 aromatic heterocycles. The molecule has 0 aliphatic rings. The first-order valence-corrected chi connectivity index (χ1v) is 3.55. The van der Waals surface area contributed by atoms with Gasteiger partial charge in [0.15, 0.2) is 0 Å². The zero-order chi connectivity index (χ0) is 8.43. The molecule has 0 aliphatic heterocycles. The van der Waals surface area contributed by atoms with Gasteiger partial charge in [-0.3, -0.25) is 4.79 Å². The minimum absolute atomic E-state index is 0.167. The Morgan fingerprint density at radius 3 is 2.64 bits per heavy atom. The molecule has 0 N–H and O–H groups in total. The monoisotopic (exact) mass is 171 g/mol. The van der Waals surface area contributed by atoms with Crippen molar-refractivity contribution in [2.24, 2.45) is 0 Å². The number of hydrogen-bond acceptors (Lipinski definition) is 3. The molecule has 4 heteroatoms. The molecule has 0 spiro atoms. The number of furan rings is 1. The van der Waals surface area contributed by atoms with Gasteiger partial charge >= 0.3 is 0 Å². The predicted octanol–water partition coefficient (Wildman–Crippen LogP) is 1.27. The lowest BCUT2D eigenvalue weighted by Gasteiger charge is -2.07. The summed E-state index contributed by atoms with van der Waals surface area (Å²) in [6.45, 7) is 0. The van der Waals surface area contributed by atoms with E-state index >= 15 is 0 Å². The number of thiol groups is 1. The van der Waals surface area contributed by atoms with E-state index in [1.54, 1.807) is 20.2 Å². The van der Waals surface area contributed by atoms with Crippen LogP contribution >= 0.6 is 12.6 Å². The Bertz CT molecular complexity index is 267. The quantitative estimate of drug-likeness (QED) is 0.645. The standard InChI is InChI=1S/C7H9NO2S/c1-8(2)7(9)6-5(11)3-4-10-6/h3-4,11H,1-2H3. The molecule has 0 saturated heterocycles. The third-order valence-electron chi connectivity index (χ3n) is 1.24. The molecular formula is C7H9NO2S. The van der Waals surface area contributed by atoms with E-state index in [4.69, 9.17) is 4.42 Å². The predicted molar refractivity (Wildman–Crippen MR) is 44.0 cm³/mol. The highest BCUT2D eigenvalue weighted by Crippen LogP contribution is 2.15. The second kappa shape index (κ2) is 3.00. The van der Waals surface area contributed by atoms with Gasteiger partial charge in [0.1, 0.15) is 0 Å². The molecule has 1 rings (SSSR count). The fourth-order valence-electron chi connectivity index (χ4n) is 0.666. The van der Waals surface area contributed by atoms with Crippen molar-refractivity contribution in [2.75, 3.05) is 14.1 Å². The summed E-state index contributed by atoms with van der Waals surface area (Å²) in [6.07, 6.45) is 1.44. The normalized spacial score (nSPS) is 9.73. The van der Waals surface area contributed by atoms with Crippen LogP contribution in [-0.4, -0.2) is 24.9 Å². The highest BCUT2D eigenvalue weighted by molar-refractivity contribution is 7.80. The minimum Gasteiger partial charge on any atom is -0.458 e. The smallest absolute Gasteiger partial charge is 0.290 e. The van der Waals surface area contributed by atoms with E-state index in [0.717, 1.165) is 0 Å². The van der Waals surface area contributed by atoms with Crippen molar-refractivity contribution in [3.05, 3.63) is 18.1 Å². The van der Waals surface area contributed by atoms with E-state index in [1.807, 2.05) is 0 Å². The van der Waals surface area contributed by atoms with Crippen LogP contribution in [0.1, 0.15) is 10.6 Å². The Morgan fingerprint density at radius 1 is 1.64 bits per heavy atom. The molecule has 1 heterocycles. The third kappa shape index (κ3) is 1.57. The van der Waals surface area contributed by atoms with Gasteiger partial charge in [-0.2, -0.15) is 0 Å². The molecule has 0 saturated carbocycles. The van der Waals surface area contributed by atoms with Crippen LogP contribution in [0, 0.1) is 0 Å². The first kappa shape index (κ1) is 8.20. The molecule has 0 aromatic carbocycles. The summed E-state index contributed by atoms with van der Waals surface area (Å²) in [5.41, 5.74) is 0. The topological polar surface area (TPSA) is 33.5 Å². The van der Waals surface area contributed by atoms with Gasteiger partial charge in [-0.15, -0.1) is 12.6 Å². The lowest BCUT2D eigenvalue weighted by atomic mass is 10.4. The van der Waals surface area contributed by atoms with Crippen molar-refractivity contribution in [3.8, 4) is 0 Å². The van der Waals surface area contributed by atoms with E-state index < -0.39 is 0 Å². The Kier molecular flexibility index (Phi) is 2.24. The van der Waals surface area contributed by atoms with Gasteiger partial charge in [0.2, 0.25) is 5.76 Å². The Hall–Kier alpha value is -0.900. The Labute approximate surface area is 70.4 Å². The van der Waals surface area contributed by atoms with Crippen LogP contribution < -0.4 is 0 Å². The van der Waals surface area contributed by atoms with Crippen LogP contribution in [0.3, 0.4) is 0 Å². The molecule has 1 amide bonds. The average Bonchev–Trinajstić information content (AvgIpc) is 2.33. The van der Waals surface area contributed by atoms with E-state index in [-0.39, 0.29) is 5.91 Å². The molecule has 3 nitrogen and oxygen atoms in total. The summed E-state index contributed by atoms with van der Waals surface area (Å²) in [4.78, 5) is 13.2. The molecule has 0 radical (unpaired) electrons. The van der Waals surface area contributed by atoms with Gasteiger partial charge in [-0.25, -0.2) is 0 Å². The summed E-state index contributed by atoms with van der Waals surface area (Å²) in [5.74, 6) is 0.123. The van der Waals surface area contributed by atoms with Gasteiger partial charge in [0.25, 0.3) is 5.91 Å². The summed E-state index contributed by atoms with van der Waals surface area (Å²) in [7, 11) is 3.33. The summed E-state index contributed by atoms with van der Waals surface area (Å²) < 4.78 is 4.92. The van der Waals surface area contributed by atoms with Crippen LogP contribution in [-0.2, 0) is 0 Å². The van der Waals surface area contributed by atoms with Crippen LogP contribution in [0.15, 0.2) is 21.6 Å². The summed E-state index contributed by atoms with van der Waals surface area (Å²) in [5, 5.41) is 0.